The minimum atomic E-state index is -0.206. The quantitative estimate of drug-likeness (QED) is 0.320. The number of aliphatic hydroxyl groups is 1. The van der Waals surface area contributed by atoms with Gasteiger partial charge in [0.2, 0.25) is 5.95 Å². The van der Waals surface area contributed by atoms with Crippen molar-refractivity contribution in [3.05, 3.63) is 53.2 Å². The van der Waals surface area contributed by atoms with Gasteiger partial charge in [0.25, 0.3) is 0 Å². The number of imidazole rings is 1. The summed E-state index contributed by atoms with van der Waals surface area (Å²) < 4.78 is 0.762. The van der Waals surface area contributed by atoms with Gasteiger partial charge in [-0.3, -0.25) is 0 Å². The van der Waals surface area contributed by atoms with Crippen LogP contribution in [-0.2, 0) is 6.42 Å². The van der Waals surface area contributed by atoms with E-state index >= 15 is 0 Å². The van der Waals surface area contributed by atoms with Crippen LogP contribution in [-0.4, -0.2) is 61.7 Å². The summed E-state index contributed by atoms with van der Waals surface area (Å²) >= 11 is 3.47. The van der Waals surface area contributed by atoms with Crippen molar-refractivity contribution in [1.29, 1.82) is 0 Å². The highest BCUT2D eigenvalue weighted by Crippen LogP contribution is 2.24. The molecule has 1 aliphatic heterocycles. The van der Waals surface area contributed by atoms with E-state index < -0.39 is 0 Å². The number of amides is 2. The van der Waals surface area contributed by atoms with E-state index in [0.717, 1.165) is 35.1 Å². The number of aliphatic hydroxyl groups excluding tert-OH is 1. The Labute approximate surface area is 194 Å². The van der Waals surface area contributed by atoms with Gasteiger partial charge in [-0.25, -0.2) is 14.8 Å². The molecule has 3 heterocycles. The van der Waals surface area contributed by atoms with E-state index in [1.165, 1.54) is 0 Å². The smallest absolute Gasteiger partial charge is 0.322 e. The number of carbonyl (C=O) groups excluding carboxylic acids is 1. The Morgan fingerprint density at radius 1 is 1.31 bits per heavy atom. The lowest BCUT2D eigenvalue weighted by Crippen LogP contribution is -2.40. The Balaban J connectivity index is 1.38. The first-order chi connectivity index (χ1) is 15.6. The third-order valence-electron chi connectivity index (χ3n) is 5.20. The molecule has 2 aromatic heterocycles. The van der Waals surface area contributed by atoms with E-state index in [1.54, 1.807) is 23.6 Å². The molecule has 0 spiro atoms. The molecule has 1 aromatic carbocycles. The number of benzene rings is 1. The molecule has 2 amide bonds. The Hall–Kier alpha value is -3.18. The summed E-state index contributed by atoms with van der Waals surface area (Å²) in [4.78, 5) is 30.2. The molecule has 0 unspecified atom stereocenters. The first kappa shape index (κ1) is 22.0. The Morgan fingerprint density at radius 2 is 2.19 bits per heavy atom. The van der Waals surface area contributed by atoms with Gasteiger partial charge < -0.3 is 30.9 Å². The summed E-state index contributed by atoms with van der Waals surface area (Å²) in [7, 11) is 0. The number of halogens is 1. The highest BCUT2D eigenvalue weighted by Gasteiger charge is 2.28. The normalized spacial score (nSPS) is 15.6. The van der Waals surface area contributed by atoms with E-state index in [1.807, 2.05) is 24.3 Å². The maximum absolute atomic E-state index is 12.6. The van der Waals surface area contributed by atoms with Crippen LogP contribution in [0.1, 0.15) is 18.5 Å². The van der Waals surface area contributed by atoms with Gasteiger partial charge in [0.15, 0.2) is 0 Å². The van der Waals surface area contributed by atoms with E-state index in [9.17, 15) is 9.90 Å². The summed E-state index contributed by atoms with van der Waals surface area (Å²) in [5.41, 5.74) is 2.44. The molecule has 4 rings (SSSR count). The standard InChI is InChI=1S/C21H25BrN8O2/c22-18-11-25-20(29-19(18)24-7-6-16-10-23-13-26-16)27-14-3-1-4-15(9-14)28-21(32)30-8-2-5-17(30)12-31/h1,3-4,9-11,13,17,31H,2,5-8,12H2,(H,23,26)(H,28,32)(H2,24,25,27,29)/t17-/m0/s1. The van der Waals surface area contributed by atoms with Crippen LogP contribution in [0.3, 0.4) is 0 Å². The lowest BCUT2D eigenvalue weighted by molar-refractivity contribution is 0.166. The molecule has 168 valence electrons. The third-order valence-corrected chi connectivity index (χ3v) is 5.78. The maximum atomic E-state index is 12.6. The largest absolute Gasteiger partial charge is 0.394 e. The van der Waals surface area contributed by atoms with Gasteiger partial charge in [0.05, 0.1) is 23.4 Å². The van der Waals surface area contributed by atoms with Crippen molar-refractivity contribution >= 4 is 45.1 Å². The van der Waals surface area contributed by atoms with Crippen LogP contribution < -0.4 is 16.0 Å². The number of hydrogen-bond donors (Lipinski definition) is 5. The van der Waals surface area contributed by atoms with Crippen molar-refractivity contribution in [3.8, 4) is 0 Å². The summed E-state index contributed by atoms with van der Waals surface area (Å²) in [6, 6.07) is 7.03. The predicted octanol–water partition coefficient (Wildman–Crippen LogP) is 3.35. The third kappa shape index (κ3) is 5.54. The number of H-pyrrole nitrogens is 1. The highest BCUT2D eigenvalue weighted by atomic mass is 79.9. The number of rotatable bonds is 8. The van der Waals surface area contributed by atoms with E-state index in [2.05, 4.69) is 51.8 Å². The minimum Gasteiger partial charge on any atom is -0.394 e. The van der Waals surface area contributed by atoms with Crippen molar-refractivity contribution in [2.45, 2.75) is 25.3 Å². The number of anilines is 4. The van der Waals surface area contributed by atoms with E-state index in [0.29, 0.717) is 30.5 Å². The van der Waals surface area contributed by atoms with Gasteiger partial charge in [-0.2, -0.15) is 4.98 Å². The summed E-state index contributed by atoms with van der Waals surface area (Å²) in [5, 5.41) is 18.8. The van der Waals surface area contributed by atoms with Gasteiger partial charge in [-0.15, -0.1) is 0 Å². The van der Waals surface area contributed by atoms with Crippen LogP contribution in [0.5, 0.6) is 0 Å². The lowest BCUT2D eigenvalue weighted by Gasteiger charge is -2.23. The minimum absolute atomic E-state index is 0.0197. The van der Waals surface area contributed by atoms with E-state index in [4.69, 9.17) is 0 Å². The molecule has 3 aromatic rings. The molecule has 0 bridgehead atoms. The van der Waals surface area contributed by atoms with Crippen molar-refractivity contribution in [3.63, 3.8) is 0 Å². The number of carbonyl (C=O) groups is 1. The molecule has 0 aliphatic carbocycles. The average Bonchev–Trinajstić information content (AvgIpc) is 3.48. The molecule has 11 heteroatoms. The molecule has 10 nitrogen and oxygen atoms in total. The van der Waals surface area contributed by atoms with Crippen LogP contribution in [0.4, 0.5) is 27.9 Å². The Kier molecular flexibility index (Phi) is 7.17. The molecule has 1 aliphatic rings. The fourth-order valence-electron chi connectivity index (χ4n) is 3.58. The van der Waals surface area contributed by atoms with Crippen molar-refractivity contribution in [2.75, 3.05) is 35.6 Å². The van der Waals surface area contributed by atoms with Crippen LogP contribution in [0.15, 0.2) is 47.5 Å². The van der Waals surface area contributed by atoms with Crippen molar-refractivity contribution < 1.29 is 9.90 Å². The SMILES string of the molecule is O=C(Nc1cccc(Nc2ncc(Br)c(NCCc3cnc[nH]3)n2)c1)N1CCC[C@H]1CO. The Morgan fingerprint density at radius 3 is 3.00 bits per heavy atom. The second-order valence-electron chi connectivity index (χ2n) is 7.45. The topological polar surface area (TPSA) is 131 Å². The fraction of sp³-hybridized carbons (Fsp3) is 0.333. The zero-order valence-electron chi connectivity index (χ0n) is 17.4. The number of aromatic amines is 1. The number of hydrogen-bond acceptors (Lipinski definition) is 7. The molecule has 5 N–H and O–H groups in total. The molecule has 1 atom stereocenters. The number of nitrogens with zero attached hydrogens (tertiary/aromatic N) is 4. The van der Waals surface area contributed by atoms with E-state index in [-0.39, 0.29) is 18.7 Å². The van der Waals surface area contributed by atoms with Crippen LogP contribution >= 0.6 is 15.9 Å². The summed E-state index contributed by atoms with van der Waals surface area (Å²) in [6.45, 7) is 1.32. The van der Waals surface area contributed by atoms with Crippen LogP contribution in [0, 0.1) is 0 Å². The average molecular weight is 501 g/mol. The zero-order valence-corrected chi connectivity index (χ0v) is 19.0. The van der Waals surface area contributed by atoms with Crippen LogP contribution in [0.2, 0.25) is 0 Å². The molecule has 0 radical (unpaired) electrons. The van der Waals surface area contributed by atoms with Crippen molar-refractivity contribution in [2.24, 2.45) is 0 Å². The number of likely N-dealkylation sites (tertiary alicyclic amines) is 1. The number of urea groups is 1. The van der Waals surface area contributed by atoms with Gasteiger partial charge in [0, 0.05) is 49.0 Å². The van der Waals surface area contributed by atoms with Gasteiger partial charge in [-0.1, -0.05) is 6.07 Å². The monoisotopic (exact) mass is 500 g/mol. The molecule has 1 saturated heterocycles. The first-order valence-electron chi connectivity index (χ1n) is 10.4. The van der Waals surface area contributed by atoms with Gasteiger partial charge in [-0.05, 0) is 47.0 Å². The van der Waals surface area contributed by atoms with Gasteiger partial charge in [0.1, 0.15) is 5.82 Å². The predicted molar refractivity (Wildman–Crippen MR) is 126 cm³/mol. The summed E-state index contributed by atoms with van der Waals surface area (Å²) in [6.07, 6.45) is 7.65. The lowest BCUT2D eigenvalue weighted by atomic mass is 10.2. The molecule has 0 saturated carbocycles. The molecule has 1 fully saturated rings. The Bertz CT molecular complexity index is 1050. The molecular weight excluding hydrogens is 476 g/mol. The molecule has 32 heavy (non-hydrogen) atoms. The molecular formula is C21H25BrN8O2. The van der Waals surface area contributed by atoms with Crippen LogP contribution in [0.25, 0.3) is 0 Å². The number of aromatic nitrogens is 4. The second-order valence-corrected chi connectivity index (χ2v) is 8.31. The van der Waals surface area contributed by atoms with Gasteiger partial charge >= 0.3 is 6.03 Å². The first-order valence-corrected chi connectivity index (χ1v) is 11.2. The van der Waals surface area contributed by atoms with Crippen molar-refractivity contribution in [1.82, 2.24) is 24.8 Å². The second kappa shape index (κ2) is 10.4. The fourth-order valence-corrected chi connectivity index (χ4v) is 3.91. The number of nitrogens with one attached hydrogen (secondary N) is 4. The summed E-state index contributed by atoms with van der Waals surface area (Å²) in [5.74, 6) is 1.11. The highest BCUT2D eigenvalue weighted by molar-refractivity contribution is 9.10. The maximum Gasteiger partial charge on any atom is 0.322 e. The zero-order chi connectivity index (χ0) is 22.3.